The predicted molar refractivity (Wildman–Crippen MR) is 82.3 cm³/mol. The van der Waals surface area contributed by atoms with Crippen LogP contribution in [0.15, 0.2) is 18.2 Å². The molecule has 2 heteroatoms. The molecule has 0 saturated carbocycles. The topological polar surface area (TPSA) is 12.0 Å². The van der Waals surface area contributed by atoms with Gasteiger partial charge in [0.25, 0.3) is 0 Å². The molecule has 1 atom stereocenters. The van der Waals surface area contributed by atoms with Gasteiger partial charge in [0, 0.05) is 5.75 Å². The van der Waals surface area contributed by atoms with Crippen molar-refractivity contribution in [3.63, 3.8) is 0 Å². The molecule has 1 heterocycles. The zero-order valence-corrected chi connectivity index (χ0v) is 12.5. The molecule has 0 spiro atoms. The van der Waals surface area contributed by atoms with Crippen molar-refractivity contribution >= 4 is 11.8 Å². The molecule has 0 aliphatic carbocycles. The van der Waals surface area contributed by atoms with Crippen LogP contribution in [0.2, 0.25) is 0 Å². The van der Waals surface area contributed by atoms with E-state index in [1.807, 2.05) is 0 Å². The highest BCUT2D eigenvalue weighted by atomic mass is 32.2. The van der Waals surface area contributed by atoms with Crippen LogP contribution in [0, 0.1) is 19.8 Å². The molecule has 1 aliphatic heterocycles. The highest BCUT2D eigenvalue weighted by molar-refractivity contribution is 7.98. The molecule has 1 N–H and O–H groups in total. The highest BCUT2D eigenvalue weighted by Crippen LogP contribution is 2.20. The molecule has 1 aromatic carbocycles. The SMILES string of the molecule is Cc1cc(C)cc(CSCCC2CCCNC2)c1. The minimum Gasteiger partial charge on any atom is -0.316 e. The first-order valence-corrected chi connectivity index (χ1v) is 8.25. The Balaban J connectivity index is 1.68. The summed E-state index contributed by atoms with van der Waals surface area (Å²) in [5.74, 6) is 3.40. The molecule has 100 valence electrons. The first kappa shape index (κ1) is 14.0. The van der Waals surface area contributed by atoms with E-state index in [9.17, 15) is 0 Å². The maximum Gasteiger partial charge on any atom is 0.0184 e. The van der Waals surface area contributed by atoms with Gasteiger partial charge in [0.1, 0.15) is 0 Å². The minimum atomic E-state index is 0.922. The maximum atomic E-state index is 3.50. The Morgan fingerprint density at radius 2 is 2.00 bits per heavy atom. The third kappa shape index (κ3) is 4.66. The van der Waals surface area contributed by atoms with Crippen molar-refractivity contribution < 1.29 is 0 Å². The Labute approximate surface area is 116 Å². The first-order valence-electron chi connectivity index (χ1n) is 7.09. The van der Waals surface area contributed by atoms with Crippen LogP contribution < -0.4 is 5.32 Å². The molecule has 0 amide bonds. The number of hydrogen-bond acceptors (Lipinski definition) is 2. The largest absolute Gasteiger partial charge is 0.316 e. The van der Waals surface area contributed by atoms with E-state index in [1.54, 1.807) is 0 Å². The predicted octanol–water partition coefficient (Wildman–Crippen LogP) is 3.93. The van der Waals surface area contributed by atoms with E-state index in [2.05, 4.69) is 49.1 Å². The third-order valence-electron chi connectivity index (χ3n) is 3.62. The van der Waals surface area contributed by atoms with Gasteiger partial charge in [0.2, 0.25) is 0 Å². The van der Waals surface area contributed by atoms with Crippen molar-refractivity contribution in [2.24, 2.45) is 5.92 Å². The molecule has 1 nitrogen and oxygen atoms in total. The second kappa shape index (κ2) is 7.20. The smallest absolute Gasteiger partial charge is 0.0184 e. The Kier molecular flexibility index (Phi) is 5.58. The van der Waals surface area contributed by atoms with Crippen LogP contribution in [0.1, 0.15) is 36.0 Å². The fourth-order valence-corrected chi connectivity index (χ4v) is 3.81. The van der Waals surface area contributed by atoms with Gasteiger partial charge in [-0.05, 0) is 63.4 Å². The van der Waals surface area contributed by atoms with E-state index < -0.39 is 0 Å². The zero-order chi connectivity index (χ0) is 12.8. The van der Waals surface area contributed by atoms with E-state index in [1.165, 1.54) is 60.5 Å². The second-order valence-electron chi connectivity index (χ2n) is 5.55. The Hall–Kier alpha value is -0.470. The second-order valence-corrected chi connectivity index (χ2v) is 6.65. The standard InChI is InChI=1S/C16H25NS/c1-13-8-14(2)10-16(9-13)12-18-7-5-15-4-3-6-17-11-15/h8-10,15,17H,3-7,11-12H2,1-2H3. The molecule has 1 fully saturated rings. The van der Waals surface area contributed by atoms with Gasteiger partial charge in [-0.25, -0.2) is 0 Å². The lowest BCUT2D eigenvalue weighted by Gasteiger charge is -2.22. The van der Waals surface area contributed by atoms with Gasteiger partial charge in [-0.1, -0.05) is 29.3 Å². The van der Waals surface area contributed by atoms with Crippen molar-refractivity contribution in [3.8, 4) is 0 Å². The summed E-state index contributed by atoms with van der Waals surface area (Å²) in [6.45, 7) is 6.85. The summed E-state index contributed by atoms with van der Waals surface area (Å²) in [4.78, 5) is 0. The van der Waals surface area contributed by atoms with Gasteiger partial charge in [0.15, 0.2) is 0 Å². The van der Waals surface area contributed by atoms with Crippen molar-refractivity contribution in [2.75, 3.05) is 18.8 Å². The number of aryl methyl sites for hydroxylation is 2. The number of hydrogen-bond donors (Lipinski definition) is 1. The van der Waals surface area contributed by atoms with E-state index in [0.717, 1.165) is 5.92 Å². The Morgan fingerprint density at radius 3 is 2.67 bits per heavy atom. The number of nitrogens with one attached hydrogen (secondary N) is 1. The van der Waals surface area contributed by atoms with Crippen molar-refractivity contribution in [1.29, 1.82) is 0 Å². The van der Waals surface area contributed by atoms with Crippen LogP contribution in [-0.4, -0.2) is 18.8 Å². The number of benzene rings is 1. The van der Waals surface area contributed by atoms with Gasteiger partial charge in [0.05, 0.1) is 0 Å². The zero-order valence-electron chi connectivity index (χ0n) is 11.7. The summed E-state index contributed by atoms with van der Waals surface area (Å²) < 4.78 is 0. The van der Waals surface area contributed by atoms with Crippen LogP contribution in [0.4, 0.5) is 0 Å². The molecule has 0 aromatic heterocycles. The summed E-state index contributed by atoms with van der Waals surface area (Å²) in [7, 11) is 0. The monoisotopic (exact) mass is 263 g/mol. The average molecular weight is 263 g/mol. The van der Waals surface area contributed by atoms with Gasteiger partial charge in [-0.2, -0.15) is 11.8 Å². The van der Waals surface area contributed by atoms with Crippen LogP contribution in [0.5, 0.6) is 0 Å². The molecule has 1 unspecified atom stereocenters. The lowest BCUT2D eigenvalue weighted by Crippen LogP contribution is -2.29. The first-order chi connectivity index (χ1) is 8.74. The Morgan fingerprint density at radius 1 is 1.22 bits per heavy atom. The summed E-state index contributed by atoms with van der Waals surface area (Å²) in [6.07, 6.45) is 4.17. The van der Waals surface area contributed by atoms with Gasteiger partial charge in [-0.3, -0.25) is 0 Å². The lowest BCUT2D eigenvalue weighted by molar-refractivity contribution is 0.371. The van der Waals surface area contributed by atoms with E-state index in [4.69, 9.17) is 0 Å². The summed E-state index contributed by atoms with van der Waals surface area (Å²) >= 11 is 2.09. The molecule has 2 rings (SSSR count). The number of rotatable bonds is 5. The number of piperidine rings is 1. The molecule has 1 saturated heterocycles. The molecule has 18 heavy (non-hydrogen) atoms. The molecular formula is C16H25NS. The van der Waals surface area contributed by atoms with Gasteiger partial charge in [-0.15, -0.1) is 0 Å². The molecule has 1 aliphatic rings. The van der Waals surface area contributed by atoms with Crippen molar-refractivity contribution in [2.45, 2.75) is 38.9 Å². The van der Waals surface area contributed by atoms with Crippen LogP contribution in [0.3, 0.4) is 0 Å². The van der Waals surface area contributed by atoms with E-state index >= 15 is 0 Å². The average Bonchev–Trinajstić information content (AvgIpc) is 2.35. The minimum absolute atomic E-state index is 0.922. The lowest BCUT2D eigenvalue weighted by atomic mass is 9.97. The molecule has 1 aromatic rings. The fourth-order valence-electron chi connectivity index (χ4n) is 2.76. The van der Waals surface area contributed by atoms with Crippen LogP contribution in [0.25, 0.3) is 0 Å². The van der Waals surface area contributed by atoms with E-state index in [-0.39, 0.29) is 0 Å². The summed E-state index contributed by atoms with van der Waals surface area (Å²) in [6, 6.07) is 6.90. The quantitative estimate of drug-likeness (QED) is 0.808. The third-order valence-corrected chi connectivity index (χ3v) is 4.68. The Bertz CT molecular complexity index is 349. The normalized spacial score (nSPS) is 20.0. The van der Waals surface area contributed by atoms with Crippen molar-refractivity contribution in [3.05, 3.63) is 34.9 Å². The molecule has 0 bridgehead atoms. The van der Waals surface area contributed by atoms with Crippen LogP contribution >= 0.6 is 11.8 Å². The molecule has 0 radical (unpaired) electrons. The maximum absolute atomic E-state index is 3.50. The summed E-state index contributed by atoms with van der Waals surface area (Å²) in [5, 5.41) is 3.50. The van der Waals surface area contributed by atoms with Gasteiger partial charge < -0.3 is 5.32 Å². The van der Waals surface area contributed by atoms with E-state index in [0.29, 0.717) is 0 Å². The van der Waals surface area contributed by atoms with Crippen LogP contribution in [-0.2, 0) is 5.75 Å². The number of thioether (sulfide) groups is 1. The summed E-state index contributed by atoms with van der Waals surface area (Å²) in [5.41, 5.74) is 4.27. The molecular weight excluding hydrogens is 238 g/mol. The highest BCUT2D eigenvalue weighted by Gasteiger charge is 2.12. The van der Waals surface area contributed by atoms with Gasteiger partial charge >= 0.3 is 0 Å². The fraction of sp³-hybridized carbons (Fsp3) is 0.625. The van der Waals surface area contributed by atoms with Crippen molar-refractivity contribution in [1.82, 2.24) is 5.32 Å².